The predicted octanol–water partition coefficient (Wildman–Crippen LogP) is 2.49. The molecule has 0 bridgehead atoms. The fourth-order valence-electron chi connectivity index (χ4n) is 1.92. The number of benzene rings is 1. The van der Waals surface area contributed by atoms with Crippen LogP contribution in [0.2, 0.25) is 5.02 Å². The Morgan fingerprint density at radius 3 is 2.65 bits per heavy atom. The molecule has 0 aromatic heterocycles. The number of rotatable bonds is 8. The molecule has 0 saturated carbocycles. The summed E-state index contributed by atoms with van der Waals surface area (Å²) in [5, 5.41) is 3.68. The molecule has 1 aromatic carbocycles. The average Bonchev–Trinajstić information content (AvgIpc) is 2.39. The van der Waals surface area contributed by atoms with Crippen LogP contribution in [0.1, 0.15) is 24.9 Å². The van der Waals surface area contributed by atoms with Crippen molar-refractivity contribution in [1.29, 1.82) is 0 Å². The summed E-state index contributed by atoms with van der Waals surface area (Å²) < 4.78 is 4.99. The van der Waals surface area contributed by atoms with E-state index < -0.39 is 0 Å². The third-order valence-electron chi connectivity index (χ3n) is 3.05. The minimum atomic E-state index is -0.0212. The Hall–Kier alpha value is -1.10. The quantitative estimate of drug-likeness (QED) is 0.750. The summed E-state index contributed by atoms with van der Waals surface area (Å²) in [6.07, 6.45) is 0.924. The van der Waals surface area contributed by atoms with E-state index in [-0.39, 0.29) is 11.9 Å². The van der Waals surface area contributed by atoms with Gasteiger partial charge >= 0.3 is 0 Å². The van der Waals surface area contributed by atoms with E-state index in [1.54, 1.807) is 7.11 Å². The van der Waals surface area contributed by atoms with Crippen LogP contribution in [0.25, 0.3) is 0 Å². The van der Waals surface area contributed by atoms with Gasteiger partial charge < -0.3 is 10.1 Å². The van der Waals surface area contributed by atoms with Gasteiger partial charge in [0.05, 0.1) is 12.6 Å². The second-order valence-electron chi connectivity index (χ2n) is 4.92. The largest absolute Gasteiger partial charge is 0.385 e. The fraction of sp³-hybridized carbons (Fsp3) is 0.533. The van der Waals surface area contributed by atoms with Crippen molar-refractivity contribution in [2.24, 2.45) is 0 Å². The van der Waals surface area contributed by atoms with E-state index >= 15 is 0 Å². The van der Waals surface area contributed by atoms with E-state index in [9.17, 15) is 4.79 Å². The lowest BCUT2D eigenvalue weighted by atomic mass is 10.1. The molecular formula is C15H23ClN2O2. The molecule has 0 radical (unpaired) electrons. The van der Waals surface area contributed by atoms with Gasteiger partial charge in [0, 0.05) is 25.3 Å². The number of amides is 1. The van der Waals surface area contributed by atoms with Crippen LogP contribution in [0.3, 0.4) is 0 Å². The van der Waals surface area contributed by atoms with Gasteiger partial charge in [0.2, 0.25) is 5.91 Å². The minimum absolute atomic E-state index is 0.0207. The second kappa shape index (κ2) is 8.95. The van der Waals surface area contributed by atoms with E-state index in [2.05, 4.69) is 5.32 Å². The van der Waals surface area contributed by atoms with E-state index in [4.69, 9.17) is 16.3 Å². The molecule has 1 aromatic rings. The standard InChI is InChI=1S/C15H23ClN2O2/c1-12(13-5-7-14(16)8-6-13)17-15(19)11-18(2)9-4-10-20-3/h5-8,12H,4,9-11H2,1-3H3,(H,17,19). The van der Waals surface area contributed by atoms with Crippen LogP contribution in [-0.4, -0.2) is 44.7 Å². The van der Waals surface area contributed by atoms with Gasteiger partial charge in [-0.2, -0.15) is 0 Å². The number of halogens is 1. The van der Waals surface area contributed by atoms with Crippen molar-refractivity contribution in [2.75, 3.05) is 33.9 Å². The molecule has 0 saturated heterocycles. The van der Waals surface area contributed by atoms with Crippen LogP contribution >= 0.6 is 11.6 Å². The molecule has 0 aliphatic rings. The lowest BCUT2D eigenvalue weighted by Crippen LogP contribution is -2.37. The smallest absolute Gasteiger partial charge is 0.234 e. The molecule has 0 fully saturated rings. The summed E-state index contributed by atoms with van der Waals surface area (Å²) in [6, 6.07) is 7.49. The number of nitrogens with zero attached hydrogens (tertiary/aromatic N) is 1. The summed E-state index contributed by atoms with van der Waals surface area (Å²) in [6.45, 7) is 3.91. The maximum absolute atomic E-state index is 11.9. The third-order valence-corrected chi connectivity index (χ3v) is 3.30. The van der Waals surface area contributed by atoms with Crippen LogP contribution in [0.4, 0.5) is 0 Å². The predicted molar refractivity (Wildman–Crippen MR) is 82.0 cm³/mol. The van der Waals surface area contributed by atoms with Gasteiger partial charge in [-0.15, -0.1) is 0 Å². The molecule has 1 N–H and O–H groups in total. The van der Waals surface area contributed by atoms with Gasteiger partial charge in [0.25, 0.3) is 0 Å². The molecule has 0 spiro atoms. The number of nitrogens with one attached hydrogen (secondary N) is 1. The SMILES string of the molecule is COCCCN(C)CC(=O)NC(C)c1ccc(Cl)cc1. The van der Waals surface area contributed by atoms with Crippen LogP contribution in [-0.2, 0) is 9.53 Å². The number of methoxy groups -OCH3 is 1. The number of carbonyl (C=O) groups is 1. The van der Waals surface area contributed by atoms with Gasteiger partial charge in [-0.3, -0.25) is 9.69 Å². The number of hydrogen-bond donors (Lipinski definition) is 1. The molecule has 1 atom stereocenters. The van der Waals surface area contributed by atoms with Crippen molar-refractivity contribution in [3.63, 3.8) is 0 Å². The van der Waals surface area contributed by atoms with E-state index in [0.717, 1.165) is 18.5 Å². The maximum Gasteiger partial charge on any atom is 0.234 e. The molecule has 1 rings (SSSR count). The Morgan fingerprint density at radius 1 is 1.40 bits per heavy atom. The lowest BCUT2D eigenvalue weighted by Gasteiger charge is -2.19. The first-order chi connectivity index (χ1) is 9.52. The van der Waals surface area contributed by atoms with Crippen LogP contribution in [0.15, 0.2) is 24.3 Å². The van der Waals surface area contributed by atoms with Crippen molar-refractivity contribution < 1.29 is 9.53 Å². The molecule has 0 aliphatic carbocycles. The van der Waals surface area contributed by atoms with Gasteiger partial charge in [0.1, 0.15) is 0 Å². The summed E-state index contributed by atoms with van der Waals surface area (Å²) in [5.74, 6) is 0.0207. The fourth-order valence-corrected chi connectivity index (χ4v) is 2.05. The summed E-state index contributed by atoms with van der Waals surface area (Å²) in [7, 11) is 3.61. The zero-order valence-electron chi connectivity index (χ0n) is 12.4. The monoisotopic (exact) mass is 298 g/mol. The van der Waals surface area contributed by atoms with E-state index in [1.807, 2.05) is 43.1 Å². The Bertz CT molecular complexity index is 409. The molecule has 4 nitrogen and oxygen atoms in total. The molecular weight excluding hydrogens is 276 g/mol. The highest BCUT2D eigenvalue weighted by molar-refractivity contribution is 6.30. The zero-order chi connectivity index (χ0) is 15.0. The minimum Gasteiger partial charge on any atom is -0.385 e. The third kappa shape index (κ3) is 6.37. The Balaban J connectivity index is 2.35. The van der Waals surface area contributed by atoms with E-state index in [0.29, 0.717) is 18.2 Å². The molecule has 1 unspecified atom stereocenters. The van der Waals surface area contributed by atoms with Gasteiger partial charge in [-0.1, -0.05) is 23.7 Å². The van der Waals surface area contributed by atoms with Crippen LogP contribution in [0, 0.1) is 0 Å². The average molecular weight is 299 g/mol. The zero-order valence-corrected chi connectivity index (χ0v) is 13.1. The highest BCUT2D eigenvalue weighted by Gasteiger charge is 2.11. The highest BCUT2D eigenvalue weighted by Crippen LogP contribution is 2.15. The summed E-state index contributed by atoms with van der Waals surface area (Å²) in [4.78, 5) is 13.9. The normalized spacial score (nSPS) is 12.4. The van der Waals surface area contributed by atoms with Crippen molar-refractivity contribution >= 4 is 17.5 Å². The second-order valence-corrected chi connectivity index (χ2v) is 5.36. The first kappa shape index (κ1) is 17.0. The van der Waals surface area contributed by atoms with Crippen molar-refractivity contribution in [2.45, 2.75) is 19.4 Å². The summed E-state index contributed by atoms with van der Waals surface area (Å²) >= 11 is 5.85. The first-order valence-corrected chi connectivity index (χ1v) is 7.13. The van der Waals surface area contributed by atoms with Crippen LogP contribution in [0.5, 0.6) is 0 Å². The van der Waals surface area contributed by atoms with Gasteiger partial charge in [-0.05, 0) is 38.1 Å². The first-order valence-electron chi connectivity index (χ1n) is 6.75. The highest BCUT2D eigenvalue weighted by atomic mass is 35.5. The number of ether oxygens (including phenoxy) is 1. The topological polar surface area (TPSA) is 41.6 Å². The molecule has 1 amide bonds. The number of hydrogen-bond acceptors (Lipinski definition) is 3. The Morgan fingerprint density at radius 2 is 2.05 bits per heavy atom. The van der Waals surface area contributed by atoms with Crippen LogP contribution < -0.4 is 5.32 Å². The maximum atomic E-state index is 11.9. The Labute approximate surface area is 126 Å². The van der Waals surface area contributed by atoms with Crippen molar-refractivity contribution in [1.82, 2.24) is 10.2 Å². The lowest BCUT2D eigenvalue weighted by molar-refractivity contribution is -0.122. The van der Waals surface area contributed by atoms with Gasteiger partial charge in [-0.25, -0.2) is 0 Å². The molecule has 112 valence electrons. The molecule has 0 heterocycles. The molecule has 5 heteroatoms. The van der Waals surface area contributed by atoms with E-state index in [1.165, 1.54) is 0 Å². The molecule has 20 heavy (non-hydrogen) atoms. The Kier molecular flexibility index (Phi) is 7.59. The number of likely N-dealkylation sites (N-methyl/N-ethyl adjacent to an activating group) is 1. The molecule has 0 aliphatic heterocycles. The van der Waals surface area contributed by atoms with Crippen molar-refractivity contribution in [3.8, 4) is 0 Å². The van der Waals surface area contributed by atoms with Crippen molar-refractivity contribution in [3.05, 3.63) is 34.9 Å². The van der Waals surface area contributed by atoms with Gasteiger partial charge in [0.15, 0.2) is 0 Å². The number of carbonyl (C=O) groups excluding carboxylic acids is 1. The summed E-state index contributed by atoms with van der Waals surface area (Å²) in [5.41, 5.74) is 1.05.